The first-order chi connectivity index (χ1) is 10.6. The van der Waals surface area contributed by atoms with Crippen molar-refractivity contribution in [3.05, 3.63) is 65.2 Å². The van der Waals surface area contributed by atoms with Gasteiger partial charge in [-0.05, 0) is 36.5 Å². The molecule has 2 aromatic heterocycles. The summed E-state index contributed by atoms with van der Waals surface area (Å²) in [5, 5.41) is 0. The number of fused-ring (bicyclic) bond motifs is 3. The van der Waals surface area contributed by atoms with E-state index in [9.17, 15) is 0 Å². The number of aryl methyl sites for hydroxylation is 3. The summed E-state index contributed by atoms with van der Waals surface area (Å²) in [5.41, 5.74) is 9.55. The normalized spacial score (nSPS) is 12.1. The Morgan fingerprint density at radius 1 is 1.00 bits per heavy atom. The number of benzene rings is 1. The molecule has 0 spiro atoms. The SMILES string of the molecule is Cc1ccc2c(n1)Cc1c-2nc[n+](C)c1-c1ccccc1C. The number of nitrogens with zero attached hydrogens (tertiary/aromatic N) is 3. The van der Waals surface area contributed by atoms with Crippen LogP contribution in [0.3, 0.4) is 0 Å². The molecule has 0 unspecified atom stereocenters. The third-order valence-electron chi connectivity index (χ3n) is 4.40. The molecular formula is C19H18N3+. The smallest absolute Gasteiger partial charge is 0.257 e. The van der Waals surface area contributed by atoms with E-state index in [4.69, 9.17) is 4.98 Å². The molecule has 0 bridgehead atoms. The third-order valence-corrected chi connectivity index (χ3v) is 4.40. The van der Waals surface area contributed by atoms with Gasteiger partial charge in [-0.25, -0.2) is 4.57 Å². The summed E-state index contributed by atoms with van der Waals surface area (Å²) in [5.74, 6) is 0. The highest BCUT2D eigenvalue weighted by Crippen LogP contribution is 2.38. The van der Waals surface area contributed by atoms with Crippen LogP contribution in [0.25, 0.3) is 22.5 Å². The van der Waals surface area contributed by atoms with Gasteiger partial charge in [0.1, 0.15) is 5.69 Å². The minimum atomic E-state index is 0.859. The van der Waals surface area contributed by atoms with Gasteiger partial charge in [-0.15, -0.1) is 0 Å². The molecule has 0 aliphatic heterocycles. The van der Waals surface area contributed by atoms with E-state index in [1.165, 1.54) is 27.9 Å². The minimum absolute atomic E-state index is 0.859. The van der Waals surface area contributed by atoms with Crippen molar-refractivity contribution in [3.8, 4) is 22.5 Å². The van der Waals surface area contributed by atoms with Crippen molar-refractivity contribution in [2.24, 2.45) is 7.05 Å². The highest BCUT2D eigenvalue weighted by atomic mass is 15.0. The molecule has 0 N–H and O–H groups in total. The second kappa shape index (κ2) is 4.73. The van der Waals surface area contributed by atoms with Gasteiger partial charge >= 0.3 is 0 Å². The van der Waals surface area contributed by atoms with Crippen molar-refractivity contribution in [2.75, 3.05) is 0 Å². The fraction of sp³-hybridized carbons (Fsp3) is 0.211. The van der Waals surface area contributed by atoms with Crippen molar-refractivity contribution >= 4 is 0 Å². The Hall–Kier alpha value is -2.55. The van der Waals surface area contributed by atoms with Crippen molar-refractivity contribution in [1.29, 1.82) is 0 Å². The molecule has 0 fully saturated rings. The van der Waals surface area contributed by atoms with E-state index in [1.54, 1.807) is 0 Å². The van der Waals surface area contributed by atoms with Gasteiger partial charge in [0.2, 0.25) is 0 Å². The number of aromatic nitrogens is 3. The zero-order valence-electron chi connectivity index (χ0n) is 13.1. The van der Waals surface area contributed by atoms with Crippen LogP contribution in [0.15, 0.2) is 42.7 Å². The molecule has 0 amide bonds. The second-order valence-electron chi connectivity index (χ2n) is 5.97. The first-order valence-electron chi connectivity index (χ1n) is 7.55. The highest BCUT2D eigenvalue weighted by molar-refractivity contribution is 5.79. The van der Waals surface area contributed by atoms with E-state index in [1.807, 2.05) is 13.3 Å². The lowest BCUT2D eigenvalue weighted by molar-refractivity contribution is -0.663. The monoisotopic (exact) mass is 288 g/mol. The van der Waals surface area contributed by atoms with E-state index in [-0.39, 0.29) is 0 Å². The van der Waals surface area contributed by atoms with Crippen LogP contribution in [-0.4, -0.2) is 9.97 Å². The van der Waals surface area contributed by atoms with E-state index in [2.05, 4.69) is 59.9 Å². The zero-order chi connectivity index (χ0) is 15.3. The maximum atomic E-state index is 4.71. The Bertz CT molecular complexity index is 897. The maximum Gasteiger partial charge on any atom is 0.287 e. The predicted molar refractivity (Wildman–Crippen MR) is 86.4 cm³/mol. The topological polar surface area (TPSA) is 29.7 Å². The van der Waals surface area contributed by atoms with Crippen LogP contribution < -0.4 is 4.57 Å². The molecule has 1 aliphatic rings. The van der Waals surface area contributed by atoms with Crippen LogP contribution in [0.2, 0.25) is 0 Å². The summed E-state index contributed by atoms with van der Waals surface area (Å²) in [6.07, 6.45) is 2.77. The van der Waals surface area contributed by atoms with Gasteiger partial charge in [0.25, 0.3) is 6.33 Å². The van der Waals surface area contributed by atoms with E-state index in [0.717, 1.165) is 23.5 Å². The zero-order valence-corrected chi connectivity index (χ0v) is 13.1. The summed E-state index contributed by atoms with van der Waals surface area (Å²) in [6, 6.07) is 12.7. The molecule has 1 aliphatic carbocycles. The molecule has 3 nitrogen and oxygen atoms in total. The second-order valence-corrected chi connectivity index (χ2v) is 5.97. The lowest BCUT2D eigenvalue weighted by Crippen LogP contribution is -2.33. The molecule has 0 saturated carbocycles. The molecule has 22 heavy (non-hydrogen) atoms. The average Bonchev–Trinajstić information content (AvgIpc) is 2.85. The van der Waals surface area contributed by atoms with Gasteiger partial charge in [0.15, 0.2) is 5.69 Å². The Morgan fingerprint density at radius 2 is 1.82 bits per heavy atom. The Labute approximate surface area is 130 Å². The van der Waals surface area contributed by atoms with Crippen LogP contribution in [0.5, 0.6) is 0 Å². The molecule has 3 aromatic rings. The third kappa shape index (κ3) is 1.86. The van der Waals surface area contributed by atoms with Gasteiger partial charge in [-0.2, -0.15) is 0 Å². The van der Waals surface area contributed by atoms with E-state index in [0.29, 0.717) is 0 Å². The van der Waals surface area contributed by atoms with Crippen LogP contribution in [0.1, 0.15) is 22.5 Å². The van der Waals surface area contributed by atoms with Crippen molar-refractivity contribution in [3.63, 3.8) is 0 Å². The average molecular weight is 288 g/mol. The minimum Gasteiger partial charge on any atom is -0.257 e. The Kier molecular flexibility index (Phi) is 2.83. The molecule has 1 aromatic carbocycles. The van der Waals surface area contributed by atoms with Gasteiger partial charge in [0, 0.05) is 23.2 Å². The largest absolute Gasteiger partial charge is 0.287 e. The fourth-order valence-electron chi connectivity index (χ4n) is 3.32. The number of pyridine rings is 1. The van der Waals surface area contributed by atoms with Gasteiger partial charge in [-0.3, -0.25) is 4.98 Å². The predicted octanol–water partition coefficient (Wildman–Crippen LogP) is 3.16. The number of hydrogen-bond donors (Lipinski definition) is 0. The van der Waals surface area contributed by atoms with E-state index < -0.39 is 0 Å². The van der Waals surface area contributed by atoms with Crippen LogP contribution >= 0.6 is 0 Å². The van der Waals surface area contributed by atoms with Crippen molar-refractivity contribution in [2.45, 2.75) is 20.3 Å². The molecular weight excluding hydrogens is 270 g/mol. The molecule has 0 radical (unpaired) electrons. The lowest BCUT2D eigenvalue weighted by atomic mass is 10.00. The fourth-order valence-corrected chi connectivity index (χ4v) is 3.32. The molecule has 108 valence electrons. The van der Waals surface area contributed by atoms with Gasteiger partial charge < -0.3 is 0 Å². The van der Waals surface area contributed by atoms with Crippen molar-refractivity contribution < 1.29 is 4.57 Å². The van der Waals surface area contributed by atoms with Crippen molar-refractivity contribution in [1.82, 2.24) is 9.97 Å². The van der Waals surface area contributed by atoms with Crippen LogP contribution in [-0.2, 0) is 13.5 Å². The Balaban J connectivity index is 1.99. The van der Waals surface area contributed by atoms with Gasteiger partial charge in [-0.1, -0.05) is 24.3 Å². The summed E-state index contributed by atoms with van der Waals surface area (Å²) in [7, 11) is 2.07. The quantitative estimate of drug-likeness (QED) is 0.504. The molecule has 0 saturated heterocycles. The van der Waals surface area contributed by atoms with Crippen LogP contribution in [0.4, 0.5) is 0 Å². The standard InChI is InChI=1S/C19H18N3/c1-12-6-4-5-7-14(12)19-16-10-17-15(9-8-13(2)21-17)18(16)20-11-22(19)3/h4-9,11H,10H2,1-3H3/q+1. The summed E-state index contributed by atoms with van der Waals surface area (Å²) in [6.45, 7) is 4.20. The van der Waals surface area contributed by atoms with Crippen LogP contribution in [0, 0.1) is 13.8 Å². The summed E-state index contributed by atoms with van der Waals surface area (Å²) in [4.78, 5) is 9.37. The molecule has 4 rings (SSSR count). The van der Waals surface area contributed by atoms with Gasteiger partial charge in [0.05, 0.1) is 18.3 Å². The molecule has 0 atom stereocenters. The van der Waals surface area contributed by atoms with E-state index >= 15 is 0 Å². The first-order valence-corrected chi connectivity index (χ1v) is 7.55. The first kappa shape index (κ1) is 13.1. The maximum absolute atomic E-state index is 4.71. The number of rotatable bonds is 1. The summed E-state index contributed by atoms with van der Waals surface area (Å²) < 4.78 is 2.12. The Morgan fingerprint density at radius 3 is 2.64 bits per heavy atom. The highest BCUT2D eigenvalue weighted by Gasteiger charge is 2.31. The number of hydrogen-bond acceptors (Lipinski definition) is 2. The molecule has 2 heterocycles. The summed E-state index contributed by atoms with van der Waals surface area (Å²) >= 11 is 0. The lowest BCUT2D eigenvalue weighted by Gasteiger charge is -2.09. The molecule has 3 heteroatoms.